The minimum absolute atomic E-state index is 0.135. The van der Waals surface area contributed by atoms with Gasteiger partial charge in [0.1, 0.15) is 0 Å². The highest BCUT2D eigenvalue weighted by Crippen LogP contribution is 2.41. The molecule has 0 heterocycles. The molecule has 2 aromatic rings. The highest BCUT2D eigenvalue weighted by Gasteiger charge is 2.53. The number of urea groups is 1. The number of hydrogen-bond acceptors (Lipinski definition) is 1. The zero-order valence-electron chi connectivity index (χ0n) is 11.0. The predicted molar refractivity (Wildman–Crippen MR) is 79.3 cm³/mol. The molecule has 0 fully saturated rings. The summed E-state index contributed by atoms with van der Waals surface area (Å²) in [6.45, 7) is 0. The zero-order valence-corrected chi connectivity index (χ0v) is 12.5. The monoisotopic (exact) mass is 349 g/mol. The number of carbonyl (C=O) groups is 1. The fourth-order valence-corrected chi connectivity index (χ4v) is 2.32. The Kier molecular flexibility index (Phi) is 4.65. The fourth-order valence-electron chi connectivity index (χ4n) is 1.87. The predicted octanol–water partition coefficient (Wildman–Crippen LogP) is 5.58. The summed E-state index contributed by atoms with van der Waals surface area (Å²) < 4.78 is 36.2. The first-order valence-corrected chi connectivity index (χ1v) is 6.72. The van der Waals surface area contributed by atoms with Crippen molar-refractivity contribution in [2.24, 2.45) is 0 Å². The van der Waals surface area contributed by atoms with Gasteiger partial charge in [-0.3, -0.25) is 0 Å². The number of quaternary nitrogens is 1. The first-order valence-electron chi connectivity index (χ1n) is 6.05. The lowest BCUT2D eigenvalue weighted by Crippen LogP contribution is -2.50. The Morgan fingerprint density at radius 2 is 1.27 bits per heavy atom. The minimum atomic E-state index is -5.05. The summed E-state index contributed by atoms with van der Waals surface area (Å²) in [6.07, 6.45) is -5.05. The number of benzene rings is 2. The van der Waals surface area contributed by atoms with E-state index in [1.54, 1.807) is 36.4 Å². The Hall–Kier alpha value is -1.76. The van der Waals surface area contributed by atoms with E-state index in [9.17, 15) is 18.0 Å². The lowest BCUT2D eigenvalue weighted by molar-refractivity contribution is -0.193. The molecule has 0 aromatic heterocycles. The zero-order chi connectivity index (χ0) is 16.4. The van der Waals surface area contributed by atoms with Crippen molar-refractivity contribution in [3.8, 4) is 0 Å². The van der Waals surface area contributed by atoms with E-state index in [4.69, 9.17) is 23.6 Å². The molecule has 0 saturated carbocycles. The molecular weight excluding hydrogens is 340 g/mol. The number of nitrogens with zero attached hydrogens (tertiary/aromatic N) is 2. The molecule has 0 saturated heterocycles. The molecule has 3 nitrogen and oxygen atoms in total. The topological polar surface area (TPSA) is 20.3 Å². The highest BCUT2D eigenvalue weighted by molar-refractivity contribution is 6.37. The van der Waals surface area contributed by atoms with Crippen LogP contribution in [0.4, 0.5) is 29.3 Å². The standard InChI is InChI=1S/C14H10Cl2F3N2O/c15-20(14(17,18)19)13(22)21(16,11-7-3-1-4-8-11)12-9-5-2-6-10-12/h1-10H/q+1. The van der Waals surface area contributed by atoms with E-state index in [0.717, 1.165) is 0 Å². The van der Waals surface area contributed by atoms with Crippen molar-refractivity contribution in [1.29, 1.82) is 0 Å². The van der Waals surface area contributed by atoms with Crippen LogP contribution in [0.5, 0.6) is 0 Å². The van der Waals surface area contributed by atoms with Gasteiger partial charge in [0.05, 0.1) is 0 Å². The molecule has 0 unspecified atom stereocenters. The maximum atomic E-state index is 12.8. The molecule has 0 aliphatic rings. The van der Waals surface area contributed by atoms with Gasteiger partial charge < -0.3 is 0 Å². The Balaban J connectivity index is 2.60. The van der Waals surface area contributed by atoms with Crippen LogP contribution in [0.2, 0.25) is 0 Å². The second-order valence-corrected chi connectivity index (χ2v) is 5.14. The van der Waals surface area contributed by atoms with Crippen LogP contribution in [0.3, 0.4) is 0 Å². The summed E-state index contributed by atoms with van der Waals surface area (Å²) in [6, 6.07) is 13.8. The smallest absolute Gasteiger partial charge is 0.203 e. The van der Waals surface area contributed by atoms with Crippen LogP contribution in [-0.4, -0.2) is 16.8 Å². The Morgan fingerprint density at radius 1 is 0.909 bits per heavy atom. The maximum absolute atomic E-state index is 12.8. The molecule has 8 heteroatoms. The molecule has 0 aliphatic heterocycles. The van der Waals surface area contributed by atoms with E-state index in [0.29, 0.717) is 0 Å². The van der Waals surface area contributed by atoms with Crippen LogP contribution in [0.25, 0.3) is 0 Å². The number of hydrogen-bond donors (Lipinski definition) is 0. The van der Waals surface area contributed by atoms with Gasteiger partial charge in [-0.05, 0) is 0 Å². The molecule has 116 valence electrons. The van der Waals surface area contributed by atoms with Crippen molar-refractivity contribution in [3.05, 3.63) is 60.7 Å². The summed E-state index contributed by atoms with van der Waals surface area (Å²) in [5, 5.41) is 0. The third-order valence-corrected chi connectivity index (χ3v) is 3.75. The van der Waals surface area contributed by atoms with Crippen LogP contribution in [0.15, 0.2) is 60.7 Å². The third kappa shape index (κ3) is 3.04. The molecule has 0 atom stereocenters. The van der Waals surface area contributed by atoms with Gasteiger partial charge in [-0.2, -0.15) is 0 Å². The molecule has 2 rings (SSSR count). The highest BCUT2D eigenvalue weighted by atomic mass is 35.5. The first kappa shape index (κ1) is 16.6. The number of alkyl halides is 3. The molecule has 0 bridgehead atoms. The summed E-state index contributed by atoms with van der Waals surface area (Å²) >= 11 is 11.5. The largest absolute Gasteiger partial charge is 0.506 e. The van der Waals surface area contributed by atoms with E-state index in [2.05, 4.69) is 0 Å². The number of halogens is 5. The molecule has 2 amide bonds. The molecule has 0 aliphatic carbocycles. The summed E-state index contributed by atoms with van der Waals surface area (Å²) in [5.41, 5.74) is 0.269. The quantitative estimate of drug-likeness (QED) is 0.512. The molecule has 0 radical (unpaired) electrons. The van der Waals surface area contributed by atoms with Crippen molar-refractivity contribution >= 4 is 41.0 Å². The van der Waals surface area contributed by atoms with E-state index >= 15 is 0 Å². The van der Waals surface area contributed by atoms with Crippen LogP contribution in [-0.2, 0) is 0 Å². The summed E-state index contributed by atoms with van der Waals surface area (Å²) in [4.78, 5) is 12.3. The van der Waals surface area contributed by atoms with Crippen molar-refractivity contribution in [3.63, 3.8) is 0 Å². The molecule has 2 aromatic carbocycles. The minimum Gasteiger partial charge on any atom is -0.203 e. The van der Waals surface area contributed by atoms with Crippen LogP contribution in [0.1, 0.15) is 0 Å². The van der Waals surface area contributed by atoms with E-state index in [1.807, 2.05) is 0 Å². The van der Waals surface area contributed by atoms with Crippen molar-refractivity contribution in [1.82, 2.24) is 8.42 Å². The average Bonchev–Trinajstić information content (AvgIpc) is 2.53. The Morgan fingerprint density at radius 3 is 1.59 bits per heavy atom. The second-order valence-electron chi connectivity index (χ2n) is 4.29. The van der Waals surface area contributed by atoms with Crippen LogP contribution in [0, 0.1) is 0 Å². The third-order valence-electron chi connectivity index (χ3n) is 2.88. The van der Waals surface area contributed by atoms with Gasteiger partial charge in [-0.15, -0.1) is 17.6 Å². The van der Waals surface area contributed by atoms with Gasteiger partial charge in [0.25, 0.3) is 0 Å². The number of para-hydroxylation sites is 2. The number of carbonyl (C=O) groups excluding carboxylic acids is 1. The second kappa shape index (κ2) is 6.16. The molecular formula is C14H10Cl2F3N2O+. The SMILES string of the molecule is O=C(N(Cl)C(F)(F)F)[N+](Cl)(c1ccccc1)c1ccccc1. The van der Waals surface area contributed by atoms with Crippen LogP contribution < -0.4 is 4.00 Å². The Labute approximate surface area is 134 Å². The molecule has 0 N–H and O–H groups in total. The van der Waals surface area contributed by atoms with Crippen molar-refractivity contribution in [2.45, 2.75) is 6.30 Å². The number of rotatable bonds is 2. The van der Waals surface area contributed by atoms with Gasteiger partial charge in [-0.25, -0.2) is 4.79 Å². The Bertz CT molecular complexity index is 611. The lowest BCUT2D eigenvalue weighted by Gasteiger charge is -2.28. The van der Waals surface area contributed by atoms with Gasteiger partial charge in [0, 0.05) is 36.0 Å². The van der Waals surface area contributed by atoms with Gasteiger partial charge in [0.15, 0.2) is 23.2 Å². The average molecular weight is 350 g/mol. The van der Waals surface area contributed by atoms with E-state index < -0.39 is 20.8 Å². The van der Waals surface area contributed by atoms with Gasteiger partial charge >= 0.3 is 12.3 Å². The van der Waals surface area contributed by atoms with Gasteiger partial charge in [0.2, 0.25) is 0 Å². The lowest BCUT2D eigenvalue weighted by atomic mass is 10.2. The number of amides is 2. The van der Waals surface area contributed by atoms with Gasteiger partial charge in [-0.1, -0.05) is 40.4 Å². The van der Waals surface area contributed by atoms with Crippen molar-refractivity contribution in [2.75, 3.05) is 0 Å². The van der Waals surface area contributed by atoms with Crippen LogP contribution >= 0.6 is 23.6 Å². The first-order chi connectivity index (χ1) is 10.3. The normalized spacial score (nSPS) is 12.0. The maximum Gasteiger partial charge on any atom is 0.506 e. The summed E-state index contributed by atoms with van der Waals surface area (Å²) in [5.74, 6) is 0. The summed E-state index contributed by atoms with van der Waals surface area (Å²) in [7, 11) is 0. The van der Waals surface area contributed by atoms with E-state index in [1.165, 1.54) is 24.3 Å². The molecule has 22 heavy (non-hydrogen) atoms. The van der Waals surface area contributed by atoms with E-state index in [-0.39, 0.29) is 11.4 Å². The molecule has 0 spiro atoms. The fraction of sp³-hybridized carbons (Fsp3) is 0.0714. The van der Waals surface area contributed by atoms with Crippen molar-refractivity contribution < 1.29 is 18.0 Å².